The van der Waals surface area contributed by atoms with Gasteiger partial charge in [0.15, 0.2) is 5.78 Å². The summed E-state index contributed by atoms with van der Waals surface area (Å²) in [5, 5.41) is 18.1. The number of hydrogen-bond donors (Lipinski definition) is 4. The van der Waals surface area contributed by atoms with Crippen LogP contribution >= 0.6 is 11.6 Å². The fraction of sp³-hybridized carbons (Fsp3) is 0.314. The molecule has 0 saturated heterocycles. The van der Waals surface area contributed by atoms with Crippen LogP contribution in [0.15, 0.2) is 79.1 Å². The molecule has 0 fully saturated rings. The summed E-state index contributed by atoms with van der Waals surface area (Å²) < 4.78 is 0. The summed E-state index contributed by atoms with van der Waals surface area (Å²) in [6.07, 6.45) is 1.91. The Morgan fingerprint density at radius 1 is 0.935 bits per heavy atom. The SMILES string of the molecule is CC(C)(C)NC(=O)c1ccccc1C[C@@H](O)[C@H](CC(=O)[C@H](CC(N)=O)NC(=O)c1cc(Cl)c2ccccc2n1)Cc1cccnc1. The number of hydrogen-bond acceptors (Lipinski definition) is 7. The third-order valence-corrected chi connectivity index (χ3v) is 7.72. The number of aliphatic hydroxyl groups excluding tert-OH is 1. The Morgan fingerprint density at radius 3 is 2.35 bits per heavy atom. The zero-order chi connectivity index (χ0) is 33.4. The number of Topliss-reactive ketones (excluding diaryl/α,β-unsaturated/α-hetero) is 1. The first kappa shape index (κ1) is 34.2. The van der Waals surface area contributed by atoms with Crippen molar-refractivity contribution in [2.75, 3.05) is 0 Å². The van der Waals surface area contributed by atoms with Crippen molar-refractivity contribution >= 4 is 46.0 Å². The number of halogens is 1. The lowest BCUT2D eigenvalue weighted by Gasteiger charge is -2.26. The molecule has 2 heterocycles. The van der Waals surface area contributed by atoms with Crippen molar-refractivity contribution < 1.29 is 24.3 Å². The van der Waals surface area contributed by atoms with Crippen molar-refractivity contribution in [2.24, 2.45) is 11.7 Å². The number of para-hydroxylation sites is 1. The predicted molar refractivity (Wildman–Crippen MR) is 176 cm³/mol. The number of rotatable bonds is 13. The number of aliphatic hydroxyl groups is 1. The lowest BCUT2D eigenvalue weighted by molar-refractivity contribution is -0.126. The third kappa shape index (κ3) is 9.42. The van der Waals surface area contributed by atoms with Gasteiger partial charge in [0.05, 0.1) is 29.1 Å². The van der Waals surface area contributed by atoms with E-state index in [-0.39, 0.29) is 30.9 Å². The maximum atomic E-state index is 13.8. The highest BCUT2D eigenvalue weighted by atomic mass is 35.5. The first-order chi connectivity index (χ1) is 21.8. The smallest absolute Gasteiger partial charge is 0.270 e. The lowest BCUT2D eigenvalue weighted by atomic mass is 9.84. The number of fused-ring (bicyclic) bond motifs is 1. The summed E-state index contributed by atoms with van der Waals surface area (Å²) in [7, 11) is 0. The van der Waals surface area contributed by atoms with Crippen LogP contribution in [0.5, 0.6) is 0 Å². The van der Waals surface area contributed by atoms with Crippen LogP contribution in [0, 0.1) is 5.92 Å². The average Bonchev–Trinajstić information content (AvgIpc) is 3.00. The van der Waals surface area contributed by atoms with Crippen LogP contribution in [0.2, 0.25) is 5.02 Å². The van der Waals surface area contributed by atoms with Gasteiger partial charge in [-0.15, -0.1) is 0 Å². The van der Waals surface area contributed by atoms with E-state index in [4.69, 9.17) is 17.3 Å². The van der Waals surface area contributed by atoms with E-state index in [1.165, 1.54) is 6.07 Å². The Kier molecular flexibility index (Phi) is 11.2. The summed E-state index contributed by atoms with van der Waals surface area (Å²) in [4.78, 5) is 60.6. The zero-order valence-electron chi connectivity index (χ0n) is 26.0. The second-order valence-corrected chi connectivity index (χ2v) is 12.7. The quantitative estimate of drug-likeness (QED) is 0.169. The Hall–Kier alpha value is -4.67. The van der Waals surface area contributed by atoms with E-state index in [1.54, 1.807) is 67.0 Å². The number of ketones is 1. The Bertz CT molecular complexity index is 1720. The highest BCUT2D eigenvalue weighted by Crippen LogP contribution is 2.25. The van der Waals surface area contributed by atoms with Crippen molar-refractivity contribution in [3.63, 3.8) is 0 Å². The molecule has 3 amide bonds. The second-order valence-electron chi connectivity index (χ2n) is 12.3. The van der Waals surface area contributed by atoms with Gasteiger partial charge in [-0.05, 0) is 74.9 Å². The number of nitrogens with zero attached hydrogens (tertiary/aromatic N) is 2. The average molecular weight is 644 g/mol. The molecule has 0 bridgehead atoms. The normalized spacial score (nSPS) is 13.4. The summed E-state index contributed by atoms with van der Waals surface area (Å²) in [6.45, 7) is 5.64. The van der Waals surface area contributed by atoms with Gasteiger partial charge in [-0.3, -0.25) is 24.2 Å². The maximum Gasteiger partial charge on any atom is 0.270 e. The number of amides is 3. The number of carbonyl (C=O) groups excluding carboxylic acids is 4. The van der Waals surface area contributed by atoms with E-state index in [0.717, 1.165) is 5.56 Å². The molecule has 4 rings (SSSR count). The van der Waals surface area contributed by atoms with Crippen molar-refractivity contribution in [3.8, 4) is 0 Å². The number of nitrogens with one attached hydrogen (secondary N) is 2. The first-order valence-electron chi connectivity index (χ1n) is 14.9. The number of benzene rings is 2. The molecule has 0 unspecified atom stereocenters. The minimum Gasteiger partial charge on any atom is -0.392 e. The number of pyridine rings is 2. The molecule has 0 spiro atoms. The zero-order valence-corrected chi connectivity index (χ0v) is 26.8. The monoisotopic (exact) mass is 643 g/mol. The molecule has 5 N–H and O–H groups in total. The summed E-state index contributed by atoms with van der Waals surface area (Å²) in [6, 6.07) is 17.7. The minimum absolute atomic E-state index is 0.0249. The number of primary amides is 1. The van der Waals surface area contributed by atoms with Crippen LogP contribution in [0.4, 0.5) is 0 Å². The summed E-state index contributed by atoms with van der Waals surface area (Å²) >= 11 is 6.38. The standard InChI is InChI=1S/C35H38ClN5O5/c1-35(2,3)41-33(45)24-11-5-4-10-22(24)16-30(42)23(15-21-9-8-14-38-20-21)17-31(43)28(19-32(37)44)40-34(46)29-18-26(36)25-12-6-7-13-27(25)39-29/h4-14,18,20,23,28,30,42H,15-17,19H2,1-3H3,(H2,37,44)(H,40,46)(H,41,45)/t23-,28-,30+/m0/s1. The van der Waals surface area contributed by atoms with Crippen LogP contribution in [-0.4, -0.2) is 56.3 Å². The topological polar surface area (TPSA) is 164 Å². The van der Waals surface area contributed by atoms with Gasteiger partial charge in [-0.2, -0.15) is 0 Å². The van der Waals surface area contributed by atoms with Gasteiger partial charge in [0.1, 0.15) is 5.69 Å². The van der Waals surface area contributed by atoms with E-state index in [0.29, 0.717) is 27.1 Å². The molecule has 0 aliphatic rings. The van der Waals surface area contributed by atoms with Gasteiger partial charge in [0, 0.05) is 35.3 Å². The van der Waals surface area contributed by atoms with Gasteiger partial charge in [-0.1, -0.05) is 54.1 Å². The predicted octanol–water partition coefficient (Wildman–Crippen LogP) is 4.21. The molecule has 240 valence electrons. The minimum atomic E-state index is -1.27. The molecule has 0 aliphatic heterocycles. The van der Waals surface area contributed by atoms with Crippen molar-refractivity contribution in [2.45, 2.75) is 64.1 Å². The van der Waals surface area contributed by atoms with Gasteiger partial charge in [0.25, 0.3) is 11.8 Å². The highest BCUT2D eigenvalue weighted by molar-refractivity contribution is 6.35. The summed E-state index contributed by atoms with van der Waals surface area (Å²) in [5.41, 5.74) is 7.29. The molecule has 10 nitrogen and oxygen atoms in total. The molecule has 0 saturated carbocycles. The molecule has 2 aromatic carbocycles. The van der Waals surface area contributed by atoms with E-state index >= 15 is 0 Å². The second kappa shape index (κ2) is 15.1. The molecule has 11 heteroatoms. The number of nitrogens with two attached hydrogens (primary N) is 1. The molecular weight excluding hydrogens is 606 g/mol. The van der Waals surface area contributed by atoms with E-state index in [9.17, 15) is 24.3 Å². The number of aromatic nitrogens is 2. The van der Waals surface area contributed by atoms with Gasteiger partial charge in [0.2, 0.25) is 5.91 Å². The third-order valence-electron chi connectivity index (χ3n) is 7.41. The van der Waals surface area contributed by atoms with Crippen LogP contribution in [0.1, 0.15) is 65.6 Å². The number of carbonyl (C=O) groups is 4. The molecule has 46 heavy (non-hydrogen) atoms. The van der Waals surface area contributed by atoms with E-state index in [1.807, 2.05) is 26.8 Å². The Morgan fingerprint density at radius 2 is 1.65 bits per heavy atom. The van der Waals surface area contributed by atoms with E-state index in [2.05, 4.69) is 20.6 Å². The summed E-state index contributed by atoms with van der Waals surface area (Å²) in [5.74, 6) is -2.91. The van der Waals surface area contributed by atoms with Crippen molar-refractivity contribution in [1.82, 2.24) is 20.6 Å². The molecule has 0 radical (unpaired) electrons. The Balaban J connectivity index is 1.58. The maximum absolute atomic E-state index is 13.8. The van der Waals surface area contributed by atoms with E-state index < -0.39 is 47.6 Å². The van der Waals surface area contributed by atoms with Gasteiger partial charge >= 0.3 is 0 Å². The lowest BCUT2D eigenvalue weighted by Crippen LogP contribution is -2.45. The fourth-order valence-electron chi connectivity index (χ4n) is 5.21. The molecule has 3 atom stereocenters. The molecule has 4 aromatic rings. The van der Waals surface area contributed by atoms with Crippen LogP contribution in [0.3, 0.4) is 0 Å². The fourth-order valence-corrected chi connectivity index (χ4v) is 5.48. The molecule has 0 aliphatic carbocycles. The van der Waals surface area contributed by atoms with Crippen molar-refractivity contribution in [3.05, 3.63) is 107 Å². The molecular formula is C35H38ClN5O5. The van der Waals surface area contributed by atoms with Gasteiger partial charge < -0.3 is 21.5 Å². The first-order valence-corrected chi connectivity index (χ1v) is 15.3. The molecule has 2 aromatic heterocycles. The van der Waals surface area contributed by atoms with Crippen LogP contribution in [0.25, 0.3) is 10.9 Å². The van der Waals surface area contributed by atoms with Crippen LogP contribution in [-0.2, 0) is 22.4 Å². The highest BCUT2D eigenvalue weighted by Gasteiger charge is 2.31. The Labute approximate surface area is 272 Å². The largest absolute Gasteiger partial charge is 0.392 e. The van der Waals surface area contributed by atoms with Crippen molar-refractivity contribution in [1.29, 1.82) is 0 Å². The van der Waals surface area contributed by atoms with Gasteiger partial charge in [-0.25, -0.2) is 4.98 Å². The van der Waals surface area contributed by atoms with Crippen LogP contribution < -0.4 is 16.4 Å².